The van der Waals surface area contributed by atoms with Crippen LogP contribution < -0.4 is 0 Å². The van der Waals surface area contributed by atoms with E-state index in [-0.39, 0.29) is 23.5 Å². The summed E-state index contributed by atoms with van der Waals surface area (Å²) in [6.45, 7) is 1.71. The van der Waals surface area contributed by atoms with E-state index in [2.05, 4.69) is 0 Å². The first kappa shape index (κ1) is 15.9. The molecule has 1 saturated heterocycles. The van der Waals surface area contributed by atoms with Crippen molar-refractivity contribution in [2.45, 2.75) is 51.9 Å². The molecular formula is C15H23NO5S. The van der Waals surface area contributed by atoms with Crippen LogP contribution in [0.3, 0.4) is 0 Å². The summed E-state index contributed by atoms with van der Waals surface area (Å²) >= 11 is 0. The standard InChI is InChI=1S/C15H23NO5S/c1-2-9-22(19,20)21-16-14(17)11-7-3-5-10-6-4-8-12(13(10)11)15(16)18/h10-13H,2-9H2,1H3. The molecule has 124 valence electrons. The molecule has 2 saturated carbocycles. The highest BCUT2D eigenvalue weighted by Crippen LogP contribution is 2.50. The van der Waals surface area contributed by atoms with Crippen LogP contribution in [-0.4, -0.2) is 31.0 Å². The molecular weight excluding hydrogens is 306 g/mol. The Balaban J connectivity index is 1.87. The number of rotatable bonds is 4. The van der Waals surface area contributed by atoms with Crippen LogP contribution >= 0.6 is 0 Å². The van der Waals surface area contributed by atoms with Gasteiger partial charge in [0.1, 0.15) is 0 Å². The van der Waals surface area contributed by atoms with Crippen molar-refractivity contribution < 1.29 is 22.3 Å². The van der Waals surface area contributed by atoms with Gasteiger partial charge < -0.3 is 0 Å². The molecule has 7 heteroatoms. The van der Waals surface area contributed by atoms with Gasteiger partial charge in [-0.2, -0.15) is 8.42 Å². The molecule has 1 heterocycles. The Morgan fingerprint density at radius 2 is 1.59 bits per heavy atom. The van der Waals surface area contributed by atoms with Crippen molar-refractivity contribution in [1.82, 2.24) is 5.06 Å². The maximum absolute atomic E-state index is 12.6. The fourth-order valence-corrected chi connectivity index (χ4v) is 5.46. The molecule has 0 aromatic heterocycles. The van der Waals surface area contributed by atoms with E-state index in [1.54, 1.807) is 6.92 Å². The number of carbonyl (C=O) groups excluding carboxylic acids is 2. The Kier molecular flexibility index (Phi) is 4.29. The minimum atomic E-state index is -3.88. The van der Waals surface area contributed by atoms with E-state index in [0.717, 1.165) is 38.5 Å². The van der Waals surface area contributed by atoms with Crippen LogP contribution in [0.1, 0.15) is 51.9 Å². The number of hydrogen-bond acceptors (Lipinski definition) is 5. The third-order valence-corrected chi connectivity index (χ3v) is 6.62. The lowest BCUT2D eigenvalue weighted by atomic mass is 9.59. The summed E-state index contributed by atoms with van der Waals surface area (Å²) in [5, 5.41) is 0.574. The van der Waals surface area contributed by atoms with Crippen LogP contribution in [0, 0.1) is 23.7 Å². The third-order valence-electron chi connectivity index (χ3n) is 5.33. The number of hydrogen-bond donors (Lipinski definition) is 0. The van der Waals surface area contributed by atoms with Crippen molar-refractivity contribution in [3.05, 3.63) is 0 Å². The largest absolute Gasteiger partial charge is 0.288 e. The second-order valence-electron chi connectivity index (χ2n) is 6.72. The zero-order valence-electron chi connectivity index (χ0n) is 12.9. The molecule has 3 rings (SSSR count). The van der Waals surface area contributed by atoms with Gasteiger partial charge in [0.05, 0.1) is 5.75 Å². The maximum atomic E-state index is 12.6. The van der Waals surface area contributed by atoms with E-state index >= 15 is 0 Å². The van der Waals surface area contributed by atoms with Crippen LogP contribution in [0.2, 0.25) is 0 Å². The number of carbonyl (C=O) groups is 2. The van der Waals surface area contributed by atoms with Crippen molar-refractivity contribution in [2.24, 2.45) is 23.7 Å². The van der Waals surface area contributed by atoms with Crippen LogP contribution in [0.15, 0.2) is 0 Å². The molecule has 1 aliphatic heterocycles. The van der Waals surface area contributed by atoms with E-state index < -0.39 is 21.9 Å². The highest BCUT2D eigenvalue weighted by atomic mass is 32.2. The molecule has 0 aromatic rings. The van der Waals surface area contributed by atoms with Crippen molar-refractivity contribution in [3.8, 4) is 0 Å². The number of nitrogens with zero attached hydrogens (tertiary/aromatic N) is 1. The first-order chi connectivity index (χ1) is 10.4. The second-order valence-corrected chi connectivity index (χ2v) is 8.39. The number of hydroxylamine groups is 2. The Bertz CT molecular complexity index is 542. The molecule has 3 aliphatic rings. The van der Waals surface area contributed by atoms with Crippen molar-refractivity contribution in [3.63, 3.8) is 0 Å². The quantitative estimate of drug-likeness (QED) is 0.735. The van der Waals surface area contributed by atoms with Gasteiger partial charge in [-0.25, -0.2) is 0 Å². The Morgan fingerprint density at radius 3 is 2.09 bits per heavy atom. The van der Waals surface area contributed by atoms with Gasteiger partial charge in [-0.1, -0.05) is 32.6 Å². The molecule has 2 aliphatic carbocycles. The van der Waals surface area contributed by atoms with Gasteiger partial charge >= 0.3 is 0 Å². The monoisotopic (exact) mass is 329 g/mol. The van der Waals surface area contributed by atoms with Gasteiger partial charge in [0.15, 0.2) is 0 Å². The average molecular weight is 329 g/mol. The molecule has 22 heavy (non-hydrogen) atoms. The van der Waals surface area contributed by atoms with Crippen LogP contribution in [0.4, 0.5) is 0 Å². The molecule has 0 bridgehead atoms. The molecule has 6 nitrogen and oxygen atoms in total. The first-order valence-electron chi connectivity index (χ1n) is 8.24. The molecule has 2 amide bonds. The van der Waals surface area contributed by atoms with Gasteiger partial charge in [0.25, 0.3) is 21.9 Å². The third kappa shape index (κ3) is 2.69. The van der Waals surface area contributed by atoms with Crippen LogP contribution in [0.5, 0.6) is 0 Å². The topological polar surface area (TPSA) is 80.8 Å². The number of imide groups is 1. The van der Waals surface area contributed by atoms with Crippen LogP contribution in [-0.2, 0) is 24.0 Å². The van der Waals surface area contributed by atoms with Crippen molar-refractivity contribution >= 4 is 21.9 Å². The predicted molar refractivity (Wildman–Crippen MR) is 78.7 cm³/mol. The van der Waals surface area contributed by atoms with Gasteiger partial charge in [-0.05, 0) is 31.1 Å². The van der Waals surface area contributed by atoms with Gasteiger partial charge in [-0.15, -0.1) is 9.35 Å². The van der Waals surface area contributed by atoms with E-state index in [9.17, 15) is 18.0 Å². The highest BCUT2D eigenvalue weighted by molar-refractivity contribution is 7.86. The number of piperidine rings is 1. The van der Waals surface area contributed by atoms with Gasteiger partial charge in [-0.3, -0.25) is 9.59 Å². The van der Waals surface area contributed by atoms with E-state index in [4.69, 9.17) is 4.28 Å². The first-order valence-corrected chi connectivity index (χ1v) is 9.82. The zero-order valence-corrected chi connectivity index (χ0v) is 13.7. The summed E-state index contributed by atoms with van der Waals surface area (Å²) in [5.74, 6) is -1.06. The molecule has 3 fully saturated rings. The molecule has 0 radical (unpaired) electrons. The summed E-state index contributed by atoms with van der Waals surface area (Å²) < 4.78 is 28.6. The predicted octanol–water partition coefficient (Wildman–Crippen LogP) is 1.86. The Morgan fingerprint density at radius 1 is 1.05 bits per heavy atom. The van der Waals surface area contributed by atoms with Crippen LogP contribution in [0.25, 0.3) is 0 Å². The maximum Gasteiger partial charge on any atom is 0.288 e. The van der Waals surface area contributed by atoms with E-state index in [1.165, 1.54) is 0 Å². The van der Waals surface area contributed by atoms with E-state index in [1.807, 2.05) is 0 Å². The Hall–Kier alpha value is -0.950. The fourth-order valence-electron chi connectivity index (χ4n) is 4.51. The second kappa shape index (κ2) is 5.92. The smallest absolute Gasteiger partial charge is 0.272 e. The summed E-state index contributed by atoms with van der Waals surface area (Å²) in [5.41, 5.74) is 0. The summed E-state index contributed by atoms with van der Waals surface area (Å²) in [7, 11) is -3.88. The van der Waals surface area contributed by atoms with E-state index in [0.29, 0.717) is 17.4 Å². The summed E-state index contributed by atoms with van der Waals surface area (Å²) in [6.07, 6.45) is 5.94. The minimum Gasteiger partial charge on any atom is -0.272 e. The summed E-state index contributed by atoms with van der Waals surface area (Å²) in [4.78, 5) is 25.2. The molecule has 0 N–H and O–H groups in total. The normalized spacial score (nSPS) is 35.4. The van der Waals surface area contributed by atoms with Crippen molar-refractivity contribution in [2.75, 3.05) is 5.75 Å². The lowest BCUT2D eigenvalue weighted by Gasteiger charge is -2.49. The molecule has 2 unspecified atom stereocenters. The average Bonchev–Trinajstić information content (AvgIpc) is 2.49. The zero-order chi connectivity index (χ0) is 15.9. The number of amides is 2. The van der Waals surface area contributed by atoms with Gasteiger partial charge in [0.2, 0.25) is 0 Å². The highest BCUT2D eigenvalue weighted by Gasteiger charge is 2.54. The van der Waals surface area contributed by atoms with Gasteiger partial charge in [0, 0.05) is 11.8 Å². The molecule has 0 spiro atoms. The lowest BCUT2D eigenvalue weighted by Crippen LogP contribution is -2.58. The molecule has 2 atom stereocenters. The Labute approximate surface area is 131 Å². The molecule has 0 aromatic carbocycles. The SMILES string of the molecule is CCCS(=O)(=O)ON1C(=O)C2CCCC3CCCC(C1=O)C32. The fraction of sp³-hybridized carbons (Fsp3) is 0.867. The lowest BCUT2D eigenvalue weighted by molar-refractivity contribution is -0.194. The minimum absolute atomic E-state index is 0.0937. The van der Waals surface area contributed by atoms with Crippen molar-refractivity contribution in [1.29, 1.82) is 0 Å². The summed E-state index contributed by atoms with van der Waals surface area (Å²) in [6, 6.07) is 0.